The van der Waals surface area contributed by atoms with Crippen molar-refractivity contribution in [1.29, 1.82) is 0 Å². The lowest BCUT2D eigenvalue weighted by atomic mass is 9.99. The van der Waals surface area contributed by atoms with E-state index in [2.05, 4.69) is 23.6 Å². The third-order valence-corrected chi connectivity index (χ3v) is 4.12. The molecular weight excluding hydrogens is 252 g/mol. The summed E-state index contributed by atoms with van der Waals surface area (Å²) in [5.41, 5.74) is 2.79. The molecule has 4 nitrogen and oxygen atoms in total. The highest BCUT2D eigenvalue weighted by Gasteiger charge is 2.18. The van der Waals surface area contributed by atoms with Crippen LogP contribution in [-0.4, -0.2) is 48.7 Å². The molecule has 0 fully saturated rings. The molecule has 0 spiro atoms. The number of fused-ring (bicyclic) bond motifs is 1. The average Bonchev–Trinajstić information content (AvgIpc) is 2.47. The molecule has 2 rings (SSSR count). The predicted molar refractivity (Wildman–Crippen MR) is 81.7 cm³/mol. The van der Waals surface area contributed by atoms with Gasteiger partial charge in [-0.1, -0.05) is 13.8 Å². The normalized spacial score (nSPS) is 14.4. The van der Waals surface area contributed by atoms with Crippen LogP contribution >= 0.6 is 0 Å². The van der Waals surface area contributed by atoms with Gasteiger partial charge in [0.1, 0.15) is 0 Å². The Morgan fingerprint density at radius 1 is 1.35 bits per heavy atom. The van der Waals surface area contributed by atoms with Crippen molar-refractivity contribution in [2.45, 2.75) is 26.7 Å². The molecule has 0 saturated carbocycles. The highest BCUT2D eigenvalue weighted by molar-refractivity contribution is 5.88. The minimum Gasteiger partial charge on any atom is -0.478 e. The van der Waals surface area contributed by atoms with E-state index in [0.717, 1.165) is 45.6 Å². The van der Waals surface area contributed by atoms with Crippen LogP contribution in [0.1, 0.15) is 36.2 Å². The van der Waals surface area contributed by atoms with E-state index in [1.807, 2.05) is 12.1 Å². The Balaban J connectivity index is 2.10. The molecule has 0 radical (unpaired) electrons. The number of carbonyl (C=O) groups is 1. The lowest BCUT2D eigenvalue weighted by Crippen LogP contribution is -2.37. The van der Waals surface area contributed by atoms with E-state index in [1.54, 1.807) is 6.07 Å². The van der Waals surface area contributed by atoms with Crippen molar-refractivity contribution >= 4 is 11.7 Å². The molecule has 1 heterocycles. The van der Waals surface area contributed by atoms with E-state index in [9.17, 15) is 4.79 Å². The molecule has 0 saturated heterocycles. The van der Waals surface area contributed by atoms with Gasteiger partial charge in [-0.3, -0.25) is 0 Å². The van der Waals surface area contributed by atoms with Gasteiger partial charge in [-0.25, -0.2) is 4.79 Å². The molecule has 0 unspecified atom stereocenters. The Labute approximate surface area is 121 Å². The minimum atomic E-state index is -0.840. The van der Waals surface area contributed by atoms with Crippen LogP contribution in [0.15, 0.2) is 18.2 Å². The molecule has 1 aliphatic rings. The van der Waals surface area contributed by atoms with E-state index in [4.69, 9.17) is 5.11 Å². The van der Waals surface area contributed by atoms with Crippen molar-refractivity contribution in [2.75, 3.05) is 37.6 Å². The number of carboxylic acids is 1. The summed E-state index contributed by atoms with van der Waals surface area (Å²) in [6, 6.07) is 5.53. The Morgan fingerprint density at radius 3 is 2.75 bits per heavy atom. The van der Waals surface area contributed by atoms with E-state index in [-0.39, 0.29) is 0 Å². The maximum absolute atomic E-state index is 11.0. The number of hydrogen-bond acceptors (Lipinski definition) is 3. The number of hydrogen-bond donors (Lipinski definition) is 1. The van der Waals surface area contributed by atoms with E-state index < -0.39 is 5.97 Å². The third kappa shape index (κ3) is 3.31. The van der Waals surface area contributed by atoms with Crippen molar-refractivity contribution in [3.63, 3.8) is 0 Å². The molecule has 20 heavy (non-hydrogen) atoms. The fourth-order valence-electron chi connectivity index (χ4n) is 2.84. The summed E-state index contributed by atoms with van der Waals surface area (Å²) < 4.78 is 0. The number of carboxylic acid groups (broad SMARTS) is 1. The highest BCUT2D eigenvalue weighted by atomic mass is 16.4. The first kappa shape index (κ1) is 14.9. The zero-order valence-electron chi connectivity index (χ0n) is 12.4. The van der Waals surface area contributed by atoms with Crippen LogP contribution < -0.4 is 4.90 Å². The number of anilines is 1. The van der Waals surface area contributed by atoms with Gasteiger partial charge in [-0.15, -0.1) is 0 Å². The van der Waals surface area contributed by atoms with Crippen LogP contribution in [0.4, 0.5) is 5.69 Å². The first-order valence-electron chi connectivity index (χ1n) is 7.49. The second-order valence-electron chi connectivity index (χ2n) is 5.27. The van der Waals surface area contributed by atoms with Gasteiger partial charge in [-0.2, -0.15) is 0 Å². The molecule has 1 aliphatic heterocycles. The Hall–Kier alpha value is -1.55. The van der Waals surface area contributed by atoms with Crippen molar-refractivity contribution in [3.8, 4) is 0 Å². The second-order valence-corrected chi connectivity index (χ2v) is 5.27. The first-order valence-corrected chi connectivity index (χ1v) is 7.49. The minimum absolute atomic E-state index is 0.398. The Kier molecular flexibility index (Phi) is 5.01. The van der Waals surface area contributed by atoms with E-state index in [0.29, 0.717) is 5.56 Å². The van der Waals surface area contributed by atoms with Gasteiger partial charge in [0.15, 0.2) is 0 Å². The molecule has 0 amide bonds. The molecule has 1 aromatic carbocycles. The third-order valence-electron chi connectivity index (χ3n) is 4.12. The van der Waals surface area contributed by atoms with Gasteiger partial charge in [0, 0.05) is 25.3 Å². The van der Waals surface area contributed by atoms with Crippen molar-refractivity contribution < 1.29 is 9.90 Å². The summed E-state index contributed by atoms with van der Waals surface area (Å²) in [4.78, 5) is 15.8. The number of nitrogens with zero attached hydrogens (tertiary/aromatic N) is 2. The van der Waals surface area contributed by atoms with Crippen molar-refractivity contribution in [1.82, 2.24) is 4.90 Å². The molecule has 4 heteroatoms. The number of aryl methyl sites for hydroxylation is 1. The lowest BCUT2D eigenvalue weighted by molar-refractivity contribution is 0.0697. The van der Waals surface area contributed by atoms with Gasteiger partial charge in [-0.05, 0) is 49.7 Å². The fraction of sp³-hybridized carbons (Fsp3) is 0.562. The second kappa shape index (κ2) is 6.75. The van der Waals surface area contributed by atoms with Crippen LogP contribution in [0.2, 0.25) is 0 Å². The van der Waals surface area contributed by atoms with Gasteiger partial charge >= 0.3 is 5.97 Å². The number of aromatic carboxylic acids is 1. The Bertz CT molecular complexity index is 470. The zero-order chi connectivity index (χ0) is 14.5. The summed E-state index contributed by atoms with van der Waals surface area (Å²) in [6.45, 7) is 9.68. The fourth-order valence-corrected chi connectivity index (χ4v) is 2.84. The predicted octanol–water partition coefficient (Wildman–Crippen LogP) is 2.48. The van der Waals surface area contributed by atoms with Gasteiger partial charge in [0.25, 0.3) is 0 Å². The molecule has 0 bridgehead atoms. The SMILES string of the molecule is CCN(CC)CCN1CCCc2cc(C(=O)O)ccc21. The molecule has 110 valence electrons. The van der Waals surface area contributed by atoms with Crippen molar-refractivity contribution in [3.05, 3.63) is 29.3 Å². The molecule has 1 aromatic rings. The molecular formula is C16H24N2O2. The topological polar surface area (TPSA) is 43.8 Å². The quantitative estimate of drug-likeness (QED) is 0.867. The zero-order valence-corrected chi connectivity index (χ0v) is 12.4. The monoisotopic (exact) mass is 276 g/mol. The van der Waals surface area contributed by atoms with Gasteiger partial charge < -0.3 is 14.9 Å². The van der Waals surface area contributed by atoms with E-state index in [1.165, 1.54) is 11.3 Å². The summed E-state index contributed by atoms with van der Waals surface area (Å²) >= 11 is 0. The van der Waals surface area contributed by atoms with Crippen LogP contribution in [0, 0.1) is 0 Å². The Morgan fingerprint density at radius 2 is 2.10 bits per heavy atom. The maximum Gasteiger partial charge on any atom is 0.335 e. The molecule has 0 aliphatic carbocycles. The number of benzene rings is 1. The van der Waals surface area contributed by atoms with Crippen LogP contribution in [-0.2, 0) is 6.42 Å². The number of rotatable bonds is 6. The molecule has 0 atom stereocenters. The largest absolute Gasteiger partial charge is 0.478 e. The molecule has 0 aromatic heterocycles. The lowest BCUT2D eigenvalue weighted by Gasteiger charge is -2.33. The average molecular weight is 276 g/mol. The van der Waals surface area contributed by atoms with Gasteiger partial charge in [0.05, 0.1) is 5.56 Å². The van der Waals surface area contributed by atoms with Gasteiger partial charge in [0.2, 0.25) is 0 Å². The summed E-state index contributed by atoms with van der Waals surface area (Å²) in [5.74, 6) is -0.840. The summed E-state index contributed by atoms with van der Waals surface area (Å²) in [5, 5.41) is 9.07. The van der Waals surface area contributed by atoms with Crippen LogP contribution in [0.3, 0.4) is 0 Å². The van der Waals surface area contributed by atoms with Crippen molar-refractivity contribution in [2.24, 2.45) is 0 Å². The first-order chi connectivity index (χ1) is 9.65. The smallest absolute Gasteiger partial charge is 0.335 e. The highest BCUT2D eigenvalue weighted by Crippen LogP contribution is 2.27. The van der Waals surface area contributed by atoms with Crippen LogP contribution in [0.5, 0.6) is 0 Å². The van der Waals surface area contributed by atoms with Crippen LogP contribution in [0.25, 0.3) is 0 Å². The maximum atomic E-state index is 11.0. The van der Waals surface area contributed by atoms with E-state index >= 15 is 0 Å². The number of likely N-dealkylation sites (N-methyl/N-ethyl adjacent to an activating group) is 1. The summed E-state index contributed by atoms with van der Waals surface area (Å²) in [7, 11) is 0. The standard InChI is InChI=1S/C16H24N2O2/c1-3-17(4-2)10-11-18-9-5-6-13-12-14(16(19)20)7-8-15(13)18/h7-8,12H,3-6,9-11H2,1-2H3,(H,19,20). The summed E-state index contributed by atoms with van der Waals surface area (Å²) in [6.07, 6.45) is 2.09. The molecule has 1 N–H and O–H groups in total.